The summed E-state index contributed by atoms with van der Waals surface area (Å²) in [5, 5.41) is 3.48. The van der Waals surface area contributed by atoms with Crippen LogP contribution in [0.3, 0.4) is 0 Å². The third-order valence-corrected chi connectivity index (χ3v) is 2.35. The minimum absolute atomic E-state index is 0.296. The fourth-order valence-corrected chi connectivity index (χ4v) is 2.02. The van der Waals surface area contributed by atoms with E-state index in [-0.39, 0.29) is 0 Å². The van der Waals surface area contributed by atoms with Crippen molar-refractivity contribution >= 4 is 0 Å². The Morgan fingerprint density at radius 2 is 1.58 bits per heavy atom. The largest absolute Gasteiger partial charge is 0.328 e. The van der Waals surface area contributed by atoms with Gasteiger partial charge in [-0.05, 0) is 19.3 Å². The van der Waals surface area contributed by atoms with E-state index < -0.39 is 0 Å². The molecule has 0 heterocycles. The Kier molecular flexibility index (Phi) is 3.50. The lowest BCUT2D eigenvalue weighted by atomic mass is 9.88. The SMILES string of the molecule is CC(C)N[C@@H]1C[C@H](N)C[C@H](N)C1. The molecule has 0 unspecified atom stereocenters. The van der Waals surface area contributed by atoms with Crippen LogP contribution in [0.5, 0.6) is 0 Å². The lowest BCUT2D eigenvalue weighted by molar-refractivity contribution is 0.295. The summed E-state index contributed by atoms with van der Waals surface area (Å²) in [4.78, 5) is 0. The second-order valence-corrected chi connectivity index (χ2v) is 4.25. The molecule has 0 aliphatic heterocycles. The van der Waals surface area contributed by atoms with E-state index in [1.54, 1.807) is 0 Å². The van der Waals surface area contributed by atoms with Gasteiger partial charge in [0.2, 0.25) is 0 Å². The van der Waals surface area contributed by atoms with Crippen LogP contribution in [0.25, 0.3) is 0 Å². The highest BCUT2D eigenvalue weighted by atomic mass is 15.0. The lowest BCUT2D eigenvalue weighted by Gasteiger charge is -2.32. The van der Waals surface area contributed by atoms with Gasteiger partial charge in [-0.25, -0.2) is 0 Å². The molecule has 3 atom stereocenters. The molecular weight excluding hydrogens is 150 g/mol. The van der Waals surface area contributed by atoms with Gasteiger partial charge in [0.25, 0.3) is 0 Å². The Labute approximate surface area is 74.9 Å². The molecule has 0 spiro atoms. The number of nitrogens with two attached hydrogens (primary N) is 2. The van der Waals surface area contributed by atoms with Gasteiger partial charge in [-0.3, -0.25) is 0 Å². The first kappa shape index (κ1) is 9.96. The minimum atomic E-state index is 0.296. The fourth-order valence-electron chi connectivity index (χ4n) is 2.02. The van der Waals surface area contributed by atoms with Crippen LogP contribution in [0.1, 0.15) is 33.1 Å². The number of nitrogens with one attached hydrogen (secondary N) is 1. The maximum atomic E-state index is 5.87. The standard InChI is InChI=1S/C9H21N3/c1-6(2)12-9-4-7(10)3-8(11)5-9/h6-9,12H,3-5,10-11H2,1-2H3/t7-,8+,9-. The Bertz CT molecular complexity index is 123. The summed E-state index contributed by atoms with van der Waals surface area (Å²) in [7, 11) is 0. The normalized spacial score (nSPS) is 37.2. The smallest absolute Gasteiger partial charge is 0.00988 e. The zero-order valence-corrected chi connectivity index (χ0v) is 8.09. The molecule has 0 bridgehead atoms. The average molecular weight is 171 g/mol. The molecule has 1 saturated carbocycles. The van der Waals surface area contributed by atoms with Crippen LogP contribution in [0.15, 0.2) is 0 Å². The van der Waals surface area contributed by atoms with E-state index in [9.17, 15) is 0 Å². The van der Waals surface area contributed by atoms with Gasteiger partial charge >= 0.3 is 0 Å². The predicted octanol–water partition coefficient (Wildman–Crippen LogP) is 0.192. The van der Waals surface area contributed by atoms with Gasteiger partial charge in [0.1, 0.15) is 0 Å². The van der Waals surface area contributed by atoms with Gasteiger partial charge in [0.15, 0.2) is 0 Å². The first-order valence-corrected chi connectivity index (χ1v) is 4.85. The van der Waals surface area contributed by atoms with Crippen molar-refractivity contribution in [2.75, 3.05) is 0 Å². The van der Waals surface area contributed by atoms with Crippen molar-refractivity contribution in [3.8, 4) is 0 Å². The molecule has 72 valence electrons. The molecule has 3 heteroatoms. The summed E-state index contributed by atoms with van der Waals surface area (Å²) < 4.78 is 0. The summed E-state index contributed by atoms with van der Waals surface area (Å²) in [6, 6.07) is 1.66. The first-order chi connectivity index (χ1) is 5.58. The third-order valence-electron chi connectivity index (χ3n) is 2.35. The monoisotopic (exact) mass is 171 g/mol. The van der Waals surface area contributed by atoms with Crippen molar-refractivity contribution in [3.63, 3.8) is 0 Å². The van der Waals surface area contributed by atoms with E-state index in [1.807, 2.05) is 0 Å². The molecule has 5 N–H and O–H groups in total. The van der Waals surface area contributed by atoms with Gasteiger partial charge in [-0.2, -0.15) is 0 Å². The quantitative estimate of drug-likeness (QED) is 0.556. The Morgan fingerprint density at radius 3 is 2.00 bits per heavy atom. The Morgan fingerprint density at radius 1 is 1.08 bits per heavy atom. The van der Waals surface area contributed by atoms with Crippen molar-refractivity contribution in [1.82, 2.24) is 5.32 Å². The van der Waals surface area contributed by atoms with Crippen LogP contribution >= 0.6 is 0 Å². The molecule has 3 nitrogen and oxygen atoms in total. The van der Waals surface area contributed by atoms with Crippen molar-refractivity contribution in [2.24, 2.45) is 11.5 Å². The summed E-state index contributed by atoms with van der Waals surface area (Å²) >= 11 is 0. The maximum Gasteiger partial charge on any atom is 0.00988 e. The Hall–Kier alpha value is -0.120. The molecule has 12 heavy (non-hydrogen) atoms. The third kappa shape index (κ3) is 3.09. The van der Waals surface area contributed by atoms with Crippen LogP contribution in [-0.2, 0) is 0 Å². The van der Waals surface area contributed by atoms with Crippen molar-refractivity contribution in [1.29, 1.82) is 0 Å². The van der Waals surface area contributed by atoms with Crippen molar-refractivity contribution in [2.45, 2.75) is 57.3 Å². The average Bonchev–Trinajstić information content (AvgIpc) is 1.81. The van der Waals surface area contributed by atoms with Gasteiger partial charge in [-0.15, -0.1) is 0 Å². The molecule has 1 rings (SSSR count). The van der Waals surface area contributed by atoms with Crippen LogP contribution in [-0.4, -0.2) is 24.2 Å². The molecule has 0 radical (unpaired) electrons. The molecule has 0 amide bonds. The fraction of sp³-hybridized carbons (Fsp3) is 1.00. The molecule has 0 aromatic carbocycles. The summed E-state index contributed by atoms with van der Waals surface area (Å²) in [5.74, 6) is 0. The lowest BCUT2D eigenvalue weighted by Crippen LogP contribution is -2.49. The molecule has 1 aliphatic carbocycles. The zero-order chi connectivity index (χ0) is 9.14. The second-order valence-electron chi connectivity index (χ2n) is 4.25. The summed E-state index contributed by atoms with van der Waals surface area (Å²) in [5.41, 5.74) is 11.7. The van der Waals surface area contributed by atoms with Crippen LogP contribution in [0.2, 0.25) is 0 Å². The van der Waals surface area contributed by atoms with Gasteiger partial charge in [-0.1, -0.05) is 13.8 Å². The van der Waals surface area contributed by atoms with Crippen LogP contribution < -0.4 is 16.8 Å². The summed E-state index contributed by atoms with van der Waals surface area (Å²) in [6.45, 7) is 4.32. The second kappa shape index (κ2) is 4.21. The van der Waals surface area contributed by atoms with E-state index in [1.165, 1.54) is 0 Å². The minimum Gasteiger partial charge on any atom is -0.328 e. The predicted molar refractivity (Wildman–Crippen MR) is 51.9 cm³/mol. The van der Waals surface area contributed by atoms with Crippen molar-refractivity contribution < 1.29 is 0 Å². The van der Waals surface area contributed by atoms with E-state index >= 15 is 0 Å². The topological polar surface area (TPSA) is 64.1 Å². The molecule has 0 aromatic heterocycles. The van der Waals surface area contributed by atoms with Gasteiger partial charge in [0, 0.05) is 24.2 Å². The highest BCUT2D eigenvalue weighted by Crippen LogP contribution is 2.16. The first-order valence-electron chi connectivity index (χ1n) is 4.85. The van der Waals surface area contributed by atoms with E-state index in [0.29, 0.717) is 24.2 Å². The van der Waals surface area contributed by atoms with Gasteiger partial charge < -0.3 is 16.8 Å². The van der Waals surface area contributed by atoms with E-state index in [4.69, 9.17) is 11.5 Å². The number of rotatable bonds is 2. The number of hydrogen-bond donors (Lipinski definition) is 3. The van der Waals surface area contributed by atoms with E-state index in [2.05, 4.69) is 19.2 Å². The molecule has 1 aliphatic rings. The highest BCUT2D eigenvalue weighted by Gasteiger charge is 2.24. The van der Waals surface area contributed by atoms with Crippen LogP contribution in [0, 0.1) is 0 Å². The molecule has 0 aromatic rings. The maximum absolute atomic E-state index is 5.87. The van der Waals surface area contributed by atoms with E-state index in [0.717, 1.165) is 19.3 Å². The highest BCUT2D eigenvalue weighted by molar-refractivity contribution is 4.87. The Balaban J connectivity index is 2.34. The van der Waals surface area contributed by atoms with Crippen molar-refractivity contribution in [3.05, 3.63) is 0 Å². The summed E-state index contributed by atoms with van der Waals surface area (Å²) in [6.07, 6.45) is 3.13. The zero-order valence-electron chi connectivity index (χ0n) is 8.09. The van der Waals surface area contributed by atoms with Crippen LogP contribution in [0.4, 0.5) is 0 Å². The number of hydrogen-bond acceptors (Lipinski definition) is 3. The van der Waals surface area contributed by atoms with Gasteiger partial charge in [0.05, 0.1) is 0 Å². The molecular formula is C9H21N3. The molecule has 1 fully saturated rings. The molecule has 0 saturated heterocycles.